The fourth-order valence-corrected chi connectivity index (χ4v) is 2.14. The summed E-state index contributed by atoms with van der Waals surface area (Å²) in [6.45, 7) is 0. The Bertz CT molecular complexity index is 318. The van der Waals surface area contributed by atoms with E-state index < -0.39 is 0 Å². The summed E-state index contributed by atoms with van der Waals surface area (Å²) in [6, 6.07) is 0. The van der Waals surface area contributed by atoms with Crippen molar-refractivity contribution >= 4 is 11.4 Å². The van der Waals surface area contributed by atoms with Crippen molar-refractivity contribution in [3.63, 3.8) is 0 Å². The normalized spacial score (nSPS) is 30.7. The standard InChI is InChI=1S/C10H14N2O2/c1-13-11-9-3-7-5-10(12-14-2)6-8(7)4-9/h3,8H,4-6H2,1-2H3. The molecule has 0 spiro atoms. The van der Waals surface area contributed by atoms with E-state index in [4.69, 9.17) is 9.68 Å². The summed E-state index contributed by atoms with van der Waals surface area (Å²) >= 11 is 0. The number of fused-ring (bicyclic) bond motifs is 1. The SMILES string of the molecule is CON=C1C=C2CC(=NOC)CC2C1. The first-order chi connectivity index (χ1) is 6.83. The quantitative estimate of drug-likeness (QED) is 0.628. The van der Waals surface area contributed by atoms with Crippen molar-refractivity contribution in [1.29, 1.82) is 0 Å². The molecule has 76 valence electrons. The molecule has 2 rings (SSSR count). The molecule has 0 aromatic heterocycles. The van der Waals surface area contributed by atoms with Crippen LogP contribution in [0.15, 0.2) is 22.0 Å². The molecule has 1 fully saturated rings. The monoisotopic (exact) mass is 194 g/mol. The molecule has 1 unspecified atom stereocenters. The zero-order valence-corrected chi connectivity index (χ0v) is 8.49. The van der Waals surface area contributed by atoms with Crippen LogP contribution in [0.25, 0.3) is 0 Å². The van der Waals surface area contributed by atoms with E-state index in [0.29, 0.717) is 5.92 Å². The molecule has 4 heteroatoms. The van der Waals surface area contributed by atoms with Gasteiger partial charge < -0.3 is 9.68 Å². The molecule has 0 saturated heterocycles. The molecular weight excluding hydrogens is 180 g/mol. The summed E-state index contributed by atoms with van der Waals surface area (Å²) in [5.74, 6) is 0.581. The molecule has 0 aromatic rings. The van der Waals surface area contributed by atoms with Crippen molar-refractivity contribution < 1.29 is 9.68 Å². The molecule has 4 nitrogen and oxygen atoms in total. The Morgan fingerprint density at radius 1 is 1.21 bits per heavy atom. The summed E-state index contributed by atoms with van der Waals surface area (Å²) in [5, 5.41) is 7.93. The Labute approximate surface area is 83.2 Å². The zero-order chi connectivity index (χ0) is 9.97. The van der Waals surface area contributed by atoms with Gasteiger partial charge in [-0.1, -0.05) is 15.9 Å². The van der Waals surface area contributed by atoms with Crippen LogP contribution >= 0.6 is 0 Å². The first kappa shape index (κ1) is 9.24. The smallest absolute Gasteiger partial charge is 0.106 e. The minimum absolute atomic E-state index is 0.581. The van der Waals surface area contributed by atoms with Crippen LogP contribution in [0, 0.1) is 5.92 Å². The predicted molar refractivity (Wildman–Crippen MR) is 54.3 cm³/mol. The topological polar surface area (TPSA) is 43.2 Å². The third-order valence-electron chi connectivity index (χ3n) is 2.65. The highest BCUT2D eigenvalue weighted by Gasteiger charge is 2.32. The van der Waals surface area contributed by atoms with Gasteiger partial charge in [0.25, 0.3) is 0 Å². The van der Waals surface area contributed by atoms with Gasteiger partial charge in [-0.05, 0) is 24.8 Å². The van der Waals surface area contributed by atoms with Gasteiger partial charge >= 0.3 is 0 Å². The van der Waals surface area contributed by atoms with Crippen LogP contribution in [0.5, 0.6) is 0 Å². The van der Waals surface area contributed by atoms with Gasteiger partial charge in [0.05, 0.1) is 11.4 Å². The third-order valence-corrected chi connectivity index (χ3v) is 2.65. The molecule has 0 radical (unpaired) electrons. The molecule has 0 aromatic carbocycles. The third kappa shape index (κ3) is 1.64. The van der Waals surface area contributed by atoms with Crippen LogP contribution in [0.3, 0.4) is 0 Å². The summed E-state index contributed by atoms with van der Waals surface area (Å²) in [4.78, 5) is 9.52. The molecule has 2 aliphatic carbocycles. The summed E-state index contributed by atoms with van der Waals surface area (Å²) < 4.78 is 0. The fourth-order valence-electron chi connectivity index (χ4n) is 2.14. The molecule has 14 heavy (non-hydrogen) atoms. The van der Waals surface area contributed by atoms with Crippen LogP contribution in [-0.2, 0) is 9.68 Å². The minimum atomic E-state index is 0.581. The van der Waals surface area contributed by atoms with Crippen molar-refractivity contribution in [3.05, 3.63) is 11.6 Å². The van der Waals surface area contributed by atoms with Crippen molar-refractivity contribution in [2.75, 3.05) is 14.2 Å². The molecule has 0 aliphatic heterocycles. The predicted octanol–water partition coefficient (Wildman–Crippen LogP) is 1.73. The largest absolute Gasteiger partial charge is 0.399 e. The maximum atomic E-state index is 4.77. The Hall–Kier alpha value is -1.32. The van der Waals surface area contributed by atoms with E-state index in [-0.39, 0.29) is 0 Å². The van der Waals surface area contributed by atoms with Gasteiger partial charge in [0, 0.05) is 6.42 Å². The van der Waals surface area contributed by atoms with Crippen LogP contribution in [0.2, 0.25) is 0 Å². The molecule has 0 amide bonds. The number of rotatable bonds is 2. The molecule has 1 atom stereocenters. The Kier molecular flexibility index (Phi) is 2.52. The number of allylic oxidation sites excluding steroid dienone is 2. The molecular formula is C10H14N2O2. The molecule has 2 aliphatic rings. The lowest BCUT2D eigenvalue weighted by Gasteiger charge is -2.00. The van der Waals surface area contributed by atoms with E-state index >= 15 is 0 Å². The Balaban J connectivity index is 2.08. The highest BCUT2D eigenvalue weighted by atomic mass is 16.6. The van der Waals surface area contributed by atoms with Gasteiger partial charge in [-0.15, -0.1) is 0 Å². The summed E-state index contributed by atoms with van der Waals surface area (Å²) in [6.07, 6.45) is 5.03. The fraction of sp³-hybridized carbons (Fsp3) is 0.600. The maximum absolute atomic E-state index is 4.77. The Morgan fingerprint density at radius 2 is 2.00 bits per heavy atom. The first-order valence-corrected chi connectivity index (χ1v) is 4.73. The van der Waals surface area contributed by atoms with Gasteiger partial charge in [-0.25, -0.2) is 0 Å². The lowest BCUT2D eigenvalue weighted by molar-refractivity contribution is 0.212. The summed E-state index contributed by atoms with van der Waals surface area (Å²) in [7, 11) is 3.17. The van der Waals surface area contributed by atoms with E-state index in [2.05, 4.69) is 16.4 Å². The van der Waals surface area contributed by atoms with Crippen molar-refractivity contribution in [3.8, 4) is 0 Å². The van der Waals surface area contributed by atoms with Crippen LogP contribution in [-0.4, -0.2) is 25.6 Å². The molecule has 0 N–H and O–H groups in total. The highest BCUT2D eigenvalue weighted by molar-refractivity contribution is 6.02. The summed E-state index contributed by atoms with van der Waals surface area (Å²) in [5.41, 5.74) is 3.60. The van der Waals surface area contributed by atoms with Crippen LogP contribution in [0.4, 0.5) is 0 Å². The number of nitrogens with zero attached hydrogens (tertiary/aromatic N) is 2. The second-order valence-electron chi connectivity index (χ2n) is 3.61. The van der Waals surface area contributed by atoms with E-state index in [0.717, 1.165) is 30.7 Å². The van der Waals surface area contributed by atoms with Gasteiger partial charge in [-0.3, -0.25) is 0 Å². The lowest BCUT2D eigenvalue weighted by Crippen LogP contribution is -1.99. The lowest BCUT2D eigenvalue weighted by atomic mass is 10.1. The highest BCUT2D eigenvalue weighted by Crippen LogP contribution is 2.37. The Morgan fingerprint density at radius 3 is 2.64 bits per heavy atom. The first-order valence-electron chi connectivity index (χ1n) is 4.73. The average Bonchev–Trinajstić information content (AvgIpc) is 2.62. The molecule has 0 bridgehead atoms. The van der Waals surface area contributed by atoms with E-state index in [1.54, 1.807) is 14.2 Å². The van der Waals surface area contributed by atoms with E-state index in [1.165, 1.54) is 5.57 Å². The number of oxime groups is 2. The second-order valence-corrected chi connectivity index (χ2v) is 3.61. The van der Waals surface area contributed by atoms with Gasteiger partial charge in [0.2, 0.25) is 0 Å². The van der Waals surface area contributed by atoms with E-state index in [9.17, 15) is 0 Å². The van der Waals surface area contributed by atoms with Crippen molar-refractivity contribution in [2.45, 2.75) is 19.3 Å². The number of hydrogen-bond acceptors (Lipinski definition) is 4. The van der Waals surface area contributed by atoms with E-state index in [1.807, 2.05) is 0 Å². The number of hydrogen-bond donors (Lipinski definition) is 0. The average molecular weight is 194 g/mol. The minimum Gasteiger partial charge on any atom is -0.399 e. The van der Waals surface area contributed by atoms with Crippen molar-refractivity contribution in [2.24, 2.45) is 16.2 Å². The molecule has 0 heterocycles. The van der Waals surface area contributed by atoms with Crippen molar-refractivity contribution in [1.82, 2.24) is 0 Å². The van der Waals surface area contributed by atoms with Gasteiger partial charge in [0.1, 0.15) is 14.2 Å². The molecule has 1 saturated carbocycles. The van der Waals surface area contributed by atoms with Gasteiger partial charge in [0.15, 0.2) is 0 Å². The van der Waals surface area contributed by atoms with Crippen LogP contribution in [0.1, 0.15) is 19.3 Å². The van der Waals surface area contributed by atoms with Crippen LogP contribution < -0.4 is 0 Å². The second kappa shape index (κ2) is 3.82. The maximum Gasteiger partial charge on any atom is 0.106 e. The zero-order valence-electron chi connectivity index (χ0n) is 8.49. The van der Waals surface area contributed by atoms with Gasteiger partial charge in [-0.2, -0.15) is 0 Å².